The first kappa shape index (κ1) is 15.6. The Morgan fingerprint density at radius 3 is 2.60 bits per heavy atom. The van der Waals surface area contributed by atoms with Crippen molar-refractivity contribution in [2.24, 2.45) is 0 Å². The van der Waals surface area contributed by atoms with Crippen LogP contribution in [0, 0.1) is 13.8 Å². The van der Waals surface area contributed by atoms with Gasteiger partial charge in [-0.25, -0.2) is 9.78 Å². The van der Waals surface area contributed by atoms with Gasteiger partial charge in [-0.15, -0.1) is 0 Å². The number of aromatic nitrogens is 3. The molecule has 2 N–H and O–H groups in total. The van der Waals surface area contributed by atoms with E-state index in [-0.39, 0.29) is 24.2 Å². The molecule has 0 spiro atoms. The molecule has 2 aromatic heterocycles. The summed E-state index contributed by atoms with van der Waals surface area (Å²) >= 11 is 0. The molecular formula is C19H20N4O2. The van der Waals surface area contributed by atoms with Crippen LogP contribution < -0.4 is 11.0 Å². The summed E-state index contributed by atoms with van der Waals surface area (Å²) in [6.45, 7) is 4.11. The number of hydrogen-bond acceptors (Lipinski definition) is 3. The number of aryl methyl sites for hydroxylation is 2. The minimum Gasteiger partial charge on any atom is -0.352 e. The predicted molar refractivity (Wildman–Crippen MR) is 96.4 cm³/mol. The number of aromatic amines is 1. The fourth-order valence-corrected chi connectivity index (χ4v) is 3.13. The number of carbonyl (C=O) groups excluding carboxylic acids is 1. The average molecular weight is 336 g/mol. The van der Waals surface area contributed by atoms with Crippen LogP contribution in [0.5, 0.6) is 0 Å². The quantitative estimate of drug-likeness (QED) is 0.767. The molecule has 0 atom stereocenters. The number of carbonyl (C=O) groups is 1. The number of pyridine rings is 1. The lowest BCUT2D eigenvalue weighted by atomic mass is 10.0. The maximum Gasteiger partial charge on any atom is 0.328 e. The smallest absolute Gasteiger partial charge is 0.328 e. The summed E-state index contributed by atoms with van der Waals surface area (Å²) in [4.78, 5) is 31.4. The van der Waals surface area contributed by atoms with E-state index in [1.807, 2.05) is 6.07 Å². The van der Waals surface area contributed by atoms with Gasteiger partial charge >= 0.3 is 5.69 Å². The summed E-state index contributed by atoms with van der Waals surface area (Å²) < 4.78 is 1.45. The second-order valence-electron chi connectivity index (χ2n) is 6.83. The van der Waals surface area contributed by atoms with Gasteiger partial charge in [-0.3, -0.25) is 14.3 Å². The molecule has 6 nitrogen and oxygen atoms in total. The fraction of sp³-hybridized carbons (Fsp3) is 0.316. The van der Waals surface area contributed by atoms with Gasteiger partial charge in [0.1, 0.15) is 6.54 Å². The molecule has 2 heterocycles. The van der Waals surface area contributed by atoms with E-state index in [9.17, 15) is 9.59 Å². The number of hydrogen-bond donors (Lipinski definition) is 2. The van der Waals surface area contributed by atoms with Gasteiger partial charge in [-0.05, 0) is 38.3 Å². The summed E-state index contributed by atoms with van der Waals surface area (Å²) in [6, 6.07) is 8.48. The minimum atomic E-state index is -0.314. The van der Waals surface area contributed by atoms with E-state index >= 15 is 0 Å². The molecule has 0 radical (unpaired) electrons. The van der Waals surface area contributed by atoms with E-state index in [0.717, 1.165) is 24.0 Å². The fourth-order valence-electron chi connectivity index (χ4n) is 3.13. The van der Waals surface area contributed by atoms with Crippen molar-refractivity contribution in [2.45, 2.75) is 39.3 Å². The third-order valence-corrected chi connectivity index (χ3v) is 4.43. The molecule has 1 aliphatic carbocycles. The molecule has 1 aromatic carbocycles. The molecule has 1 saturated carbocycles. The molecule has 0 bridgehead atoms. The SMILES string of the molecule is Cc1cc(C)cc(-c2cnc3[nH]c(=O)n(CC(=O)NC4CC4)c3c2)c1. The van der Waals surface area contributed by atoms with Crippen LogP contribution >= 0.6 is 0 Å². The van der Waals surface area contributed by atoms with Crippen molar-refractivity contribution >= 4 is 17.1 Å². The summed E-state index contributed by atoms with van der Waals surface area (Å²) in [5.74, 6) is -0.137. The third-order valence-electron chi connectivity index (χ3n) is 4.43. The highest BCUT2D eigenvalue weighted by Gasteiger charge is 2.24. The first-order chi connectivity index (χ1) is 12.0. The van der Waals surface area contributed by atoms with Crippen molar-refractivity contribution < 1.29 is 4.79 Å². The van der Waals surface area contributed by atoms with Crippen LogP contribution in [0.15, 0.2) is 35.3 Å². The normalized spacial score (nSPS) is 14.0. The zero-order chi connectivity index (χ0) is 17.6. The van der Waals surface area contributed by atoms with Crippen LogP contribution in [0.25, 0.3) is 22.3 Å². The van der Waals surface area contributed by atoms with Crippen LogP contribution in [0.3, 0.4) is 0 Å². The number of H-pyrrole nitrogens is 1. The standard InChI is InChI=1S/C19H20N4O2/c1-11-5-12(2)7-13(6-11)14-8-16-18(20-9-14)22-19(25)23(16)10-17(24)21-15-3-4-15/h5-9,15H,3-4,10H2,1-2H3,(H,21,24)(H,20,22,25). The van der Waals surface area contributed by atoms with Gasteiger partial charge in [0.15, 0.2) is 5.65 Å². The Morgan fingerprint density at radius 2 is 1.92 bits per heavy atom. The molecule has 0 saturated heterocycles. The van der Waals surface area contributed by atoms with E-state index in [4.69, 9.17) is 0 Å². The second kappa shape index (κ2) is 5.88. The van der Waals surface area contributed by atoms with Crippen molar-refractivity contribution in [3.8, 4) is 11.1 Å². The monoisotopic (exact) mass is 336 g/mol. The second-order valence-corrected chi connectivity index (χ2v) is 6.83. The molecular weight excluding hydrogens is 316 g/mol. The topological polar surface area (TPSA) is 79.8 Å². The largest absolute Gasteiger partial charge is 0.352 e. The zero-order valence-electron chi connectivity index (χ0n) is 14.3. The zero-order valence-corrected chi connectivity index (χ0v) is 14.3. The maximum absolute atomic E-state index is 12.2. The Labute approximate surface area is 144 Å². The number of nitrogens with zero attached hydrogens (tertiary/aromatic N) is 2. The van der Waals surface area contributed by atoms with Crippen molar-refractivity contribution in [1.82, 2.24) is 19.9 Å². The molecule has 3 aromatic rings. The molecule has 1 aliphatic rings. The van der Waals surface area contributed by atoms with Crippen molar-refractivity contribution in [3.63, 3.8) is 0 Å². The first-order valence-electron chi connectivity index (χ1n) is 8.46. The van der Waals surface area contributed by atoms with Crippen molar-refractivity contribution in [1.29, 1.82) is 0 Å². The van der Waals surface area contributed by atoms with Gasteiger partial charge in [0.05, 0.1) is 5.52 Å². The molecule has 0 aliphatic heterocycles. The van der Waals surface area contributed by atoms with E-state index < -0.39 is 0 Å². The lowest BCUT2D eigenvalue weighted by Gasteiger charge is -2.07. The van der Waals surface area contributed by atoms with Gasteiger partial charge in [0, 0.05) is 17.8 Å². The lowest BCUT2D eigenvalue weighted by Crippen LogP contribution is -2.32. The Kier molecular flexibility index (Phi) is 3.67. The molecule has 25 heavy (non-hydrogen) atoms. The third kappa shape index (κ3) is 3.20. The highest BCUT2D eigenvalue weighted by Crippen LogP contribution is 2.24. The van der Waals surface area contributed by atoms with Gasteiger partial charge < -0.3 is 5.32 Å². The van der Waals surface area contributed by atoms with E-state index in [1.54, 1.807) is 6.20 Å². The highest BCUT2D eigenvalue weighted by molar-refractivity contribution is 5.82. The van der Waals surface area contributed by atoms with E-state index in [1.165, 1.54) is 15.7 Å². The van der Waals surface area contributed by atoms with Crippen LogP contribution in [0.1, 0.15) is 24.0 Å². The Morgan fingerprint density at radius 1 is 1.20 bits per heavy atom. The molecule has 1 fully saturated rings. The minimum absolute atomic E-state index is 0.00725. The van der Waals surface area contributed by atoms with Gasteiger partial charge in [0.2, 0.25) is 5.91 Å². The maximum atomic E-state index is 12.2. The Bertz CT molecular complexity index is 1010. The number of amides is 1. The molecule has 1 amide bonds. The number of fused-ring (bicyclic) bond motifs is 1. The van der Waals surface area contributed by atoms with Crippen LogP contribution in [-0.4, -0.2) is 26.5 Å². The predicted octanol–water partition coefficient (Wildman–Crippen LogP) is 2.29. The highest BCUT2D eigenvalue weighted by atomic mass is 16.2. The molecule has 0 unspecified atom stereocenters. The van der Waals surface area contributed by atoms with E-state index in [0.29, 0.717) is 11.2 Å². The molecule has 128 valence electrons. The number of benzene rings is 1. The Balaban J connectivity index is 1.74. The number of imidazole rings is 1. The van der Waals surface area contributed by atoms with Crippen molar-refractivity contribution in [3.05, 3.63) is 52.1 Å². The molecule has 4 rings (SSSR count). The van der Waals surface area contributed by atoms with E-state index in [2.05, 4.69) is 47.3 Å². The van der Waals surface area contributed by atoms with Gasteiger partial charge in [-0.1, -0.05) is 29.3 Å². The number of rotatable bonds is 4. The summed E-state index contributed by atoms with van der Waals surface area (Å²) in [5, 5.41) is 2.91. The first-order valence-corrected chi connectivity index (χ1v) is 8.46. The summed E-state index contributed by atoms with van der Waals surface area (Å²) in [7, 11) is 0. The number of nitrogens with one attached hydrogen (secondary N) is 2. The Hall–Kier alpha value is -2.89. The van der Waals surface area contributed by atoms with Crippen LogP contribution in [-0.2, 0) is 11.3 Å². The van der Waals surface area contributed by atoms with Crippen LogP contribution in [0.2, 0.25) is 0 Å². The lowest BCUT2D eigenvalue weighted by molar-refractivity contribution is -0.121. The summed E-state index contributed by atoms with van der Waals surface area (Å²) in [6.07, 6.45) is 3.79. The molecule has 6 heteroatoms. The van der Waals surface area contributed by atoms with Gasteiger partial charge in [-0.2, -0.15) is 0 Å². The van der Waals surface area contributed by atoms with Crippen LogP contribution in [0.4, 0.5) is 0 Å². The van der Waals surface area contributed by atoms with Gasteiger partial charge in [0.25, 0.3) is 0 Å². The average Bonchev–Trinajstić information content (AvgIpc) is 3.30. The van der Waals surface area contributed by atoms with Crippen molar-refractivity contribution in [2.75, 3.05) is 0 Å². The summed E-state index contributed by atoms with van der Waals surface area (Å²) in [5.41, 5.74) is 5.15.